The van der Waals surface area contributed by atoms with Crippen LogP contribution in [-0.4, -0.2) is 37.2 Å². The Bertz CT molecular complexity index is 1080. The van der Waals surface area contributed by atoms with Gasteiger partial charge >= 0.3 is 0 Å². The van der Waals surface area contributed by atoms with Crippen LogP contribution in [0.4, 0.5) is 0 Å². The summed E-state index contributed by atoms with van der Waals surface area (Å²) in [7, 11) is 0. The van der Waals surface area contributed by atoms with Crippen molar-refractivity contribution in [3.63, 3.8) is 0 Å². The van der Waals surface area contributed by atoms with Gasteiger partial charge in [0.2, 0.25) is 0 Å². The molecule has 1 N–H and O–H groups in total. The number of hydrogen-bond donors (Lipinski definition) is 1. The van der Waals surface area contributed by atoms with Crippen molar-refractivity contribution >= 4 is 11.8 Å². The predicted octanol–water partition coefficient (Wildman–Crippen LogP) is 3.16. The van der Waals surface area contributed by atoms with Crippen LogP contribution in [0.1, 0.15) is 33.8 Å². The first kappa shape index (κ1) is 19.0. The molecule has 0 bridgehead atoms. The van der Waals surface area contributed by atoms with Gasteiger partial charge in [-0.1, -0.05) is 17.8 Å². The molecule has 0 atom stereocenters. The summed E-state index contributed by atoms with van der Waals surface area (Å²) in [6.45, 7) is 8.71. The Morgan fingerprint density at radius 1 is 1.29 bits per heavy atom. The molecule has 0 unspecified atom stereocenters. The molecule has 3 aromatic heterocycles. The van der Waals surface area contributed by atoms with Gasteiger partial charge in [-0.3, -0.25) is 9.69 Å². The largest absolute Gasteiger partial charge is 0.303 e. The number of hydrogen-bond acceptors (Lipinski definition) is 5. The lowest BCUT2D eigenvalue weighted by atomic mass is 10.1. The van der Waals surface area contributed by atoms with Crippen molar-refractivity contribution in [2.75, 3.05) is 12.8 Å². The molecule has 0 spiro atoms. The summed E-state index contributed by atoms with van der Waals surface area (Å²) in [6.07, 6.45) is 4.58. The number of aromatic nitrogens is 4. The number of thioether (sulfide) groups is 1. The van der Waals surface area contributed by atoms with Crippen LogP contribution in [0.5, 0.6) is 0 Å². The topological polar surface area (TPSA) is 66.8 Å². The standard InChI is InChI=1S/C21H25N5OS/c1-13-6-5-8-22-19(13)26-14(2)10-16(15(26)3)11-25-9-7-18-17(12-25)20(27)24-21(23-18)28-4/h5-6,8,10H,7,9,11-12H2,1-4H3,(H,23,24,27). The van der Waals surface area contributed by atoms with Gasteiger partial charge in [0.25, 0.3) is 5.56 Å². The molecule has 3 aromatic rings. The van der Waals surface area contributed by atoms with Crippen LogP contribution >= 0.6 is 11.8 Å². The van der Waals surface area contributed by atoms with Gasteiger partial charge in [-0.05, 0) is 50.3 Å². The van der Waals surface area contributed by atoms with E-state index in [-0.39, 0.29) is 5.56 Å². The number of nitrogens with one attached hydrogen (secondary N) is 1. The van der Waals surface area contributed by atoms with E-state index in [1.54, 1.807) is 0 Å². The van der Waals surface area contributed by atoms with Crippen LogP contribution in [0.3, 0.4) is 0 Å². The van der Waals surface area contributed by atoms with Gasteiger partial charge in [0.05, 0.1) is 11.3 Å². The zero-order chi connectivity index (χ0) is 19.8. The number of nitrogens with zero attached hydrogens (tertiary/aromatic N) is 4. The fourth-order valence-electron chi connectivity index (χ4n) is 3.96. The SMILES string of the molecule is CSc1nc2c(c(=O)[nH]1)CN(Cc1cc(C)n(-c3ncccc3C)c1C)CC2. The summed E-state index contributed by atoms with van der Waals surface area (Å²) in [6, 6.07) is 6.29. The summed E-state index contributed by atoms with van der Waals surface area (Å²) in [4.78, 5) is 26.8. The highest BCUT2D eigenvalue weighted by Crippen LogP contribution is 2.24. The van der Waals surface area contributed by atoms with Crippen molar-refractivity contribution in [1.82, 2.24) is 24.4 Å². The predicted molar refractivity (Wildman–Crippen MR) is 112 cm³/mol. The normalized spacial score (nSPS) is 14.3. The van der Waals surface area contributed by atoms with Gasteiger partial charge in [0.15, 0.2) is 5.16 Å². The Morgan fingerprint density at radius 3 is 2.86 bits per heavy atom. The molecule has 0 saturated heterocycles. The molecule has 0 aromatic carbocycles. The molecule has 0 amide bonds. The molecule has 1 aliphatic rings. The molecule has 0 aliphatic carbocycles. The van der Waals surface area contributed by atoms with Crippen molar-refractivity contribution < 1.29 is 0 Å². The molecular formula is C21H25N5OS. The Balaban J connectivity index is 1.61. The van der Waals surface area contributed by atoms with Crippen LogP contribution in [0, 0.1) is 20.8 Å². The highest BCUT2D eigenvalue weighted by Gasteiger charge is 2.23. The minimum atomic E-state index is -0.00590. The average Bonchev–Trinajstić information content (AvgIpc) is 2.96. The molecule has 7 heteroatoms. The van der Waals surface area contributed by atoms with Gasteiger partial charge < -0.3 is 9.55 Å². The van der Waals surface area contributed by atoms with E-state index in [1.807, 2.05) is 18.5 Å². The minimum Gasteiger partial charge on any atom is -0.303 e. The first-order valence-corrected chi connectivity index (χ1v) is 10.7. The number of rotatable bonds is 4. The number of aryl methyl sites for hydroxylation is 2. The first-order valence-electron chi connectivity index (χ1n) is 9.46. The highest BCUT2D eigenvalue weighted by atomic mass is 32.2. The average molecular weight is 396 g/mol. The second-order valence-corrected chi connectivity index (χ2v) is 8.13. The molecule has 0 radical (unpaired) electrons. The Kier molecular flexibility index (Phi) is 5.12. The third-order valence-corrected chi connectivity index (χ3v) is 6.02. The summed E-state index contributed by atoms with van der Waals surface area (Å²) >= 11 is 1.48. The van der Waals surface area contributed by atoms with E-state index in [9.17, 15) is 4.79 Å². The van der Waals surface area contributed by atoms with Crippen molar-refractivity contribution in [2.45, 2.75) is 45.4 Å². The molecule has 4 heterocycles. The fourth-order valence-corrected chi connectivity index (χ4v) is 4.35. The number of aromatic amines is 1. The lowest BCUT2D eigenvalue weighted by molar-refractivity contribution is 0.240. The van der Waals surface area contributed by atoms with Crippen LogP contribution in [0.2, 0.25) is 0 Å². The molecule has 0 saturated carbocycles. The second kappa shape index (κ2) is 7.56. The zero-order valence-electron chi connectivity index (χ0n) is 16.7. The van der Waals surface area contributed by atoms with E-state index in [0.29, 0.717) is 11.7 Å². The molecule has 1 aliphatic heterocycles. The van der Waals surface area contributed by atoms with E-state index < -0.39 is 0 Å². The van der Waals surface area contributed by atoms with E-state index >= 15 is 0 Å². The summed E-state index contributed by atoms with van der Waals surface area (Å²) in [5, 5.41) is 0.700. The highest BCUT2D eigenvalue weighted by molar-refractivity contribution is 7.98. The smallest absolute Gasteiger partial charge is 0.256 e. The quantitative estimate of drug-likeness (QED) is 0.543. The van der Waals surface area contributed by atoms with Crippen LogP contribution in [0.15, 0.2) is 34.3 Å². The Hall–Kier alpha value is -2.38. The maximum atomic E-state index is 12.4. The second-order valence-electron chi connectivity index (χ2n) is 7.34. The molecule has 6 nitrogen and oxygen atoms in total. The third kappa shape index (κ3) is 3.40. The molecule has 4 rings (SSSR count). The summed E-state index contributed by atoms with van der Waals surface area (Å²) in [5.41, 5.74) is 6.55. The van der Waals surface area contributed by atoms with Crippen molar-refractivity contribution in [1.29, 1.82) is 0 Å². The molecular weight excluding hydrogens is 370 g/mol. The van der Waals surface area contributed by atoms with E-state index in [2.05, 4.69) is 57.3 Å². The Morgan fingerprint density at radius 2 is 2.11 bits per heavy atom. The van der Waals surface area contributed by atoms with Crippen LogP contribution in [-0.2, 0) is 19.5 Å². The lowest BCUT2D eigenvalue weighted by Gasteiger charge is -2.27. The summed E-state index contributed by atoms with van der Waals surface area (Å²) in [5.74, 6) is 0.984. The number of fused-ring (bicyclic) bond motifs is 1. The monoisotopic (exact) mass is 395 g/mol. The van der Waals surface area contributed by atoms with Gasteiger partial charge in [0.1, 0.15) is 5.82 Å². The minimum absolute atomic E-state index is 0.00590. The molecule has 146 valence electrons. The zero-order valence-corrected chi connectivity index (χ0v) is 17.6. The van der Waals surface area contributed by atoms with Gasteiger partial charge in [-0.2, -0.15) is 0 Å². The van der Waals surface area contributed by atoms with Gasteiger partial charge in [-0.25, -0.2) is 9.97 Å². The van der Waals surface area contributed by atoms with Gasteiger partial charge in [0, 0.05) is 43.6 Å². The van der Waals surface area contributed by atoms with E-state index in [1.165, 1.54) is 28.7 Å². The van der Waals surface area contributed by atoms with E-state index in [4.69, 9.17) is 0 Å². The molecule has 0 fully saturated rings. The maximum absolute atomic E-state index is 12.4. The summed E-state index contributed by atoms with van der Waals surface area (Å²) < 4.78 is 2.22. The van der Waals surface area contributed by atoms with E-state index in [0.717, 1.165) is 42.1 Å². The fraction of sp³-hybridized carbons (Fsp3) is 0.381. The Labute approximate surface area is 169 Å². The lowest BCUT2D eigenvalue weighted by Crippen LogP contribution is -2.35. The maximum Gasteiger partial charge on any atom is 0.256 e. The van der Waals surface area contributed by atoms with Crippen molar-refractivity contribution in [3.8, 4) is 5.82 Å². The van der Waals surface area contributed by atoms with Gasteiger partial charge in [-0.15, -0.1) is 0 Å². The van der Waals surface area contributed by atoms with Crippen LogP contribution in [0.25, 0.3) is 5.82 Å². The van der Waals surface area contributed by atoms with Crippen molar-refractivity contribution in [3.05, 3.63) is 68.5 Å². The first-order chi connectivity index (χ1) is 13.5. The number of H-pyrrole nitrogens is 1. The number of pyridine rings is 1. The third-order valence-electron chi connectivity index (χ3n) is 5.44. The molecule has 28 heavy (non-hydrogen) atoms. The van der Waals surface area contributed by atoms with Crippen molar-refractivity contribution in [2.24, 2.45) is 0 Å². The van der Waals surface area contributed by atoms with Crippen LogP contribution < -0.4 is 5.56 Å².